The van der Waals surface area contributed by atoms with Gasteiger partial charge in [0, 0.05) is 0 Å². The zero-order valence-corrected chi connectivity index (χ0v) is 10.7. The van der Waals surface area contributed by atoms with Crippen LogP contribution in [0.2, 0.25) is 0 Å². The van der Waals surface area contributed by atoms with E-state index in [0.717, 1.165) is 0 Å². The Kier molecular flexibility index (Phi) is 4.28. The number of hydrogen-bond donors (Lipinski definition) is 1. The standard InChI is InChI=1S/C12H16O4S/c1-9(2)7-17(15,16)8-10-3-5-11(6-4-10)12(13)14/h3-6,9H,7-8H2,1-2H3,(H,13,14). The van der Waals surface area contributed by atoms with Gasteiger partial charge in [0.15, 0.2) is 9.84 Å². The maximum Gasteiger partial charge on any atom is 0.335 e. The third-order valence-electron chi connectivity index (χ3n) is 2.17. The summed E-state index contributed by atoms with van der Waals surface area (Å²) in [6.45, 7) is 3.70. The SMILES string of the molecule is CC(C)CS(=O)(=O)Cc1ccc(C(=O)O)cc1. The van der Waals surface area contributed by atoms with Gasteiger partial charge < -0.3 is 5.11 Å². The molecular formula is C12H16O4S. The lowest BCUT2D eigenvalue weighted by atomic mass is 10.1. The lowest BCUT2D eigenvalue weighted by molar-refractivity contribution is 0.0697. The van der Waals surface area contributed by atoms with E-state index in [1.54, 1.807) is 12.1 Å². The van der Waals surface area contributed by atoms with E-state index in [1.807, 2.05) is 13.8 Å². The van der Waals surface area contributed by atoms with E-state index >= 15 is 0 Å². The Hall–Kier alpha value is -1.36. The minimum absolute atomic E-state index is 0.0366. The van der Waals surface area contributed by atoms with Crippen LogP contribution in [-0.4, -0.2) is 25.2 Å². The number of carboxylic acid groups (broad SMARTS) is 1. The van der Waals surface area contributed by atoms with Crippen molar-refractivity contribution < 1.29 is 18.3 Å². The first-order chi connectivity index (χ1) is 7.80. The molecule has 4 nitrogen and oxygen atoms in total. The van der Waals surface area contributed by atoms with E-state index in [9.17, 15) is 13.2 Å². The predicted molar refractivity (Wildman–Crippen MR) is 65.7 cm³/mol. The molecule has 0 spiro atoms. The molecule has 0 aliphatic rings. The van der Waals surface area contributed by atoms with Gasteiger partial charge in [-0.05, 0) is 23.6 Å². The Labute approximate surface area is 101 Å². The number of aromatic carboxylic acids is 1. The van der Waals surface area contributed by atoms with Crippen molar-refractivity contribution in [3.05, 3.63) is 35.4 Å². The summed E-state index contributed by atoms with van der Waals surface area (Å²) in [4.78, 5) is 10.6. The molecule has 1 rings (SSSR count). The summed E-state index contributed by atoms with van der Waals surface area (Å²) in [5.41, 5.74) is 0.783. The molecule has 0 atom stereocenters. The fraction of sp³-hybridized carbons (Fsp3) is 0.417. The van der Waals surface area contributed by atoms with Crippen molar-refractivity contribution in [3.63, 3.8) is 0 Å². The molecule has 0 heterocycles. The van der Waals surface area contributed by atoms with Gasteiger partial charge in [-0.3, -0.25) is 0 Å². The minimum Gasteiger partial charge on any atom is -0.478 e. The molecule has 0 amide bonds. The second-order valence-corrected chi connectivity index (χ2v) is 6.56. The van der Waals surface area contributed by atoms with Crippen molar-refractivity contribution in [3.8, 4) is 0 Å². The number of carbonyl (C=O) groups is 1. The van der Waals surface area contributed by atoms with Crippen molar-refractivity contribution in [1.29, 1.82) is 0 Å². The van der Waals surface area contributed by atoms with Gasteiger partial charge in [0.25, 0.3) is 0 Å². The molecule has 0 unspecified atom stereocenters. The van der Waals surface area contributed by atoms with Gasteiger partial charge in [-0.15, -0.1) is 0 Å². The maximum atomic E-state index is 11.7. The van der Waals surface area contributed by atoms with Crippen LogP contribution in [0.3, 0.4) is 0 Å². The summed E-state index contributed by atoms with van der Waals surface area (Å²) in [5.74, 6) is -0.807. The van der Waals surface area contributed by atoms with Crippen LogP contribution in [0.5, 0.6) is 0 Å². The average molecular weight is 256 g/mol. The molecule has 0 aliphatic carbocycles. The third kappa shape index (κ3) is 4.56. The lowest BCUT2D eigenvalue weighted by Crippen LogP contribution is -2.13. The highest BCUT2D eigenvalue weighted by Crippen LogP contribution is 2.11. The summed E-state index contributed by atoms with van der Waals surface area (Å²) in [6.07, 6.45) is 0. The molecule has 1 N–H and O–H groups in total. The van der Waals surface area contributed by atoms with Crippen LogP contribution in [-0.2, 0) is 15.6 Å². The molecule has 0 aromatic heterocycles. The molecule has 0 saturated carbocycles. The molecule has 0 saturated heterocycles. The van der Waals surface area contributed by atoms with Crippen molar-refractivity contribution in [2.75, 3.05) is 5.75 Å². The van der Waals surface area contributed by atoms with E-state index < -0.39 is 15.8 Å². The maximum absolute atomic E-state index is 11.7. The van der Waals surface area contributed by atoms with Crippen LogP contribution >= 0.6 is 0 Å². The fourth-order valence-corrected chi connectivity index (χ4v) is 3.40. The first-order valence-corrected chi connectivity index (χ1v) is 7.15. The Morgan fingerprint density at radius 1 is 1.24 bits per heavy atom. The van der Waals surface area contributed by atoms with E-state index in [1.165, 1.54) is 12.1 Å². The van der Waals surface area contributed by atoms with E-state index in [-0.39, 0.29) is 23.0 Å². The van der Waals surface area contributed by atoms with Crippen LogP contribution < -0.4 is 0 Å². The molecule has 0 aliphatic heterocycles. The largest absolute Gasteiger partial charge is 0.478 e. The summed E-state index contributed by atoms with van der Waals surface area (Å²) in [7, 11) is -3.11. The molecule has 17 heavy (non-hydrogen) atoms. The van der Waals surface area contributed by atoms with Crippen LogP contribution in [0.15, 0.2) is 24.3 Å². The smallest absolute Gasteiger partial charge is 0.335 e. The van der Waals surface area contributed by atoms with Crippen molar-refractivity contribution >= 4 is 15.8 Å². The van der Waals surface area contributed by atoms with E-state index in [0.29, 0.717) is 5.56 Å². The van der Waals surface area contributed by atoms with Crippen LogP contribution in [0.25, 0.3) is 0 Å². The number of sulfone groups is 1. The van der Waals surface area contributed by atoms with Gasteiger partial charge in [0.2, 0.25) is 0 Å². The highest BCUT2D eigenvalue weighted by molar-refractivity contribution is 7.90. The highest BCUT2D eigenvalue weighted by Gasteiger charge is 2.14. The van der Waals surface area contributed by atoms with E-state index in [2.05, 4.69) is 0 Å². The molecule has 0 radical (unpaired) electrons. The normalized spacial score (nSPS) is 11.7. The van der Waals surface area contributed by atoms with Crippen molar-refractivity contribution in [1.82, 2.24) is 0 Å². The monoisotopic (exact) mass is 256 g/mol. The van der Waals surface area contributed by atoms with Gasteiger partial charge in [0.1, 0.15) is 0 Å². The molecule has 5 heteroatoms. The minimum atomic E-state index is -3.11. The summed E-state index contributed by atoms with van der Waals surface area (Å²) < 4.78 is 23.4. The number of rotatable bonds is 5. The van der Waals surface area contributed by atoms with Gasteiger partial charge in [-0.25, -0.2) is 13.2 Å². The van der Waals surface area contributed by atoms with E-state index in [4.69, 9.17) is 5.11 Å². The molecule has 94 valence electrons. The van der Waals surface area contributed by atoms with Crippen LogP contribution in [0.1, 0.15) is 29.8 Å². The zero-order chi connectivity index (χ0) is 13.1. The van der Waals surface area contributed by atoms with Gasteiger partial charge in [0.05, 0.1) is 17.1 Å². The third-order valence-corrected chi connectivity index (χ3v) is 4.12. The number of benzene rings is 1. The van der Waals surface area contributed by atoms with Gasteiger partial charge in [-0.2, -0.15) is 0 Å². The highest BCUT2D eigenvalue weighted by atomic mass is 32.2. The lowest BCUT2D eigenvalue weighted by Gasteiger charge is -2.07. The molecular weight excluding hydrogens is 240 g/mol. The molecule has 1 aromatic rings. The Morgan fingerprint density at radius 3 is 2.18 bits per heavy atom. The zero-order valence-electron chi connectivity index (χ0n) is 9.88. The summed E-state index contributed by atoms with van der Waals surface area (Å²) in [6, 6.07) is 5.92. The van der Waals surface area contributed by atoms with Crippen LogP contribution in [0, 0.1) is 5.92 Å². The predicted octanol–water partition coefficient (Wildman–Crippen LogP) is 1.96. The first kappa shape index (κ1) is 13.7. The van der Waals surface area contributed by atoms with Crippen molar-refractivity contribution in [2.24, 2.45) is 5.92 Å². The molecule has 0 bridgehead atoms. The second-order valence-electron chi connectivity index (χ2n) is 4.45. The quantitative estimate of drug-likeness (QED) is 0.874. The topological polar surface area (TPSA) is 71.4 Å². The first-order valence-electron chi connectivity index (χ1n) is 5.33. The summed E-state index contributed by atoms with van der Waals surface area (Å²) >= 11 is 0. The summed E-state index contributed by atoms with van der Waals surface area (Å²) in [5, 5.41) is 8.71. The van der Waals surface area contributed by atoms with Gasteiger partial charge >= 0.3 is 5.97 Å². The van der Waals surface area contributed by atoms with Crippen molar-refractivity contribution in [2.45, 2.75) is 19.6 Å². The second kappa shape index (κ2) is 5.31. The Morgan fingerprint density at radius 2 is 1.76 bits per heavy atom. The number of carboxylic acids is 1. The molecule has 1 aromatic carbocycles. The fourth-order valence-electron chi connectivity index (χ4n) is 1.56. The average Bonchev–Trinajstić information content (AvgIpc) is 2.15. The Bertz CT molecular complexity index is 486. The molecule has 0 fully saturated rings. The van der Waals surface area contributed by atoms with Gasteiger partial charge in [-0.1, -0.05) is 26.0 Å². The van der Waals surface area contributed by atoms with Crippen LogP contribution in [0.4, 0.5) is 0 Å². The number of hydrogen-bond acceptors (Lipinski definition) is 3. The Balaban J connectivity index is 2.79.